The molecule has 142 valence electrons. The summed E-state index contributed by atoms with van der Waals surface area (Å²) in [7, 11) is 1.69. The summed E-state index contributed by atoms with van der Waals surface area (Å²) in [5.41, 5.74) is 1.54. The highest BCUT2D eigenvalue weighted by atomic mass is 19.4. The number of hydrogen-bond donors (Lipinski definition) is 1. The van der Waals surface area contributed by atoms with Gasteiger partial charge in [0, 0.05) is 24.6 Å². The lowest BCUT2D eigenvalue weighted by Crippen LogP contribution is -2.18. The Morgan fingerprint density at radius 2 is 1.75 bits per heavy atom. The van der Waals surface area contributed by atoms with Gasteiger partial charge in [-0.25, -0.2) is 4.98 Å². The minimum absolute atomic E-state index is 0.124. The minimum atomic E-state index is -4.62. The number of nitriles is 1. The minimum Gasteiger partial charge on any atom is -0.340 e. The number of hydrogen-bond acceptors (Lipinski definition) is 5. The molecule has 0 bridgehead atoms. The van der Waals surface area contributed by atoms with Gasteiger partial charge in [0.15, 0.2) is 0 Å². The molecule has 0 amide bonds. The molecule has 0 unspecified atom stereocenters. The molecule has 1 heterocycles. The maximum Gasteiger partial charge on any atom is 0.421 e. The van der Waals surface area contributed by atoms with E-state index in [4.69, 9.17) is 5.26 Å². The molecule has 0 radical (unpaired) electrons. The zero-order valence-electron chi connectivity index (χ0n) is 15.1. The number of aromatic nitrogens is 2. The summed E-state index contributed by atoms with van der Waals surface area (Å²) < 4.78 is 40.2. The van der Waals surface area contributed by atoms with E-state index < -0.39 is 11.7 Å². The van der Waals surface area contributed by atoms with Crippen LogP contribution in [0.15, 0.2) is 54.7 Å². The quantitative estimate of drug-likeness (QED) is 0.672. The maximum absolute atomic E-state index is 13.4. The molecule has 28 heavy (non-hydrogen) atoms. The van der Waals surface area contributed by atoms with Crippen LogP contribution in [0.5, 0.6) is 0 Å². The molecule has 0 aliphatic carbocycles. The summed E-state index contributed by atoms with van der Waals surface area (Å²) in [4.78, 5) is 9.64. The Kier molecular flexibility index (Phi) is 5.18. The Morgan fingerprint density at radius 1 is 1.07 bits per heavy atom. The molecule has 0 saturated carbocycles. The van der Waals surface area contributed by atoms with Crippen molar-refractivity contribution in [2.75, 3.05) is 17.3 Å². The average Bonchev–Trinajstić information content (AvgIpc) is 2.67. The van der Waals surface area contributed by atoms with Crippen molar-refractivity contribution in [3.8, 4) is 6.07 Å². The molecule has 3 aromatic rings. The van der Waals surface area contributed by atoms with Crippen LogP contribution in [-0.2, 0) is 6.18 Å². The SMILES string of the molecule is Cc1ccccc1N(C)c1ncc(C(F)(F)F)c(Nc2ccc(C#N)cc2)n1. The molecule has 0 spiro atoms. The standard InChI is InChI=1S/C20H16F3N5/c1-13-5-3-4-6-17(13)28(2)19-25-12-16(20(21,22)23)18(27-19)26-15-9-7-14(11-24)8-10-15/h3-10,12H,1-2H3,(H,25,26,27). The number of alkyl halides is 3. The van der Waals surface area contributed by atoms with Crippen LogP contribution in [-0.4, -0.2) is 17.0 Å². The van der Waals surface area contributed by atoms with Crippen LogP contribution in [0.1, 0.15) is 16.7 Å². The first-order valence-corrected chi connectivity index (χ1v) is 8.30. The van der Waals surface area contributed by atoms with Crippen molar-refractivity contribution in [2.24, 2.45) is 0 Å². The van der Waals surface area contributed by atoms with Gasteiger partial charge in [0.1, 0.15) is 11.4 Å². The van der Waals surface area contributed by atoms with Gasteiger partial charge in [-0.15, -0.1) is 0 Å². The van der Waals surface area contributed by atoms with Crippen molar-refractivity contribution in [1.29, 1.82) is 5.26 Å². The normalized spacial score (nSPS) is 11.0. The van der Waals surface area contributed by atoms with E-state index in [-0.39, 0.29) is 11.8 Å². The topological polar surface area (TPSA) is 64.8 Å². The van der Waals surface area contributed by atoms with Crippen LogP contribution in [0, 0.1) is 18.3 Å². The van der Waals surface area contributed by atoms with Crippen LogP contribution in [0.2, 0.25) is 0 Å². The lowest BCUT2D eigenvalue weighted by Gasteiger charge is -2.21. The Labute approximate surface area is 160 Å². The number of halogens is 3. The van der Waals surface area contributed by atoms with Gasteiger partial charge in [-0.2, -0.15) is 23.4 Å². The van der Waals surface area contributed by atoms with Crippen LogP contribution in [0.4, 0.5) is 36.3 Å². The molecule has 2 aromatic carbocycles. The fraction of sp³-hybridized carbons (Fsp3) is 0.150. The Bertz CT molecular complexity index is 1020. The maximum atomic E-state index is 13.4. The molecule has 0 saturated heterocycles. The molecule has 8 heteroatoms. The van der Waals surface area contributed by atoms with E-state index in [1.54, 1.807) is 11.9 Å². The second-order valence-corrected chi connectivity index (χ2v) is 6.09. The van der Waals surface area contributed by atoms with E-state index >= 15 is 0 Å². The molecule has 5 nitrogen and oxygen atoms in total. The largest absolute Gasteiger partial charge is 0.421 e. The molecule has 0 aliphatic rings. The second-order valence-electron chi connectivity index (χ2n) is 6.09. The fourth-order valence-corrected chi connectivity index (χ4v) is 2.65. The molecule has 1 N–H and O–H groups in total. The average molecular weight is 383 g/mol. The smallest absolute Gasteiger partial charge is 0.340 e. The van der Waals surface area contributed by atoms with Gasteiger partial charge in [-0.3, -0.25) is 0 Å². The third-order valence-corrected chi connectivity index (χ3v) is 4.13. The number of benzene rings is 2. The predicted octanol–water partition coefficient (Wildman–Crippen LogP) is 5.19. The van der Waals surface area contributed by atoms with Gasteiger partial charge in [0.2, 0.25) is 5.95 Å². The van der Waals surface area contributed by atoms with Crippen molar-refractivity contribution in [2.45, 2.75) is 13.1 Å². The molecule has 0 atom stereocenters. The first-order valence-electron chi connectivity index (χ1n) is 8.30. The summed E-state index contributed by atoms with van der Waals surface area (Å²) in [5, 5.41) is 11.5. The first-order chi connectivity index (χ1) is 13.3. The summed E-state index contributed by atoms with van der Waals surface area (Å²) in [5.74, 6) is -0.235. The van der Waals surface area contributed by atoms with E-state index in [0.29, 0.717) is 11.3 Å². The molecule has 0 fully saturated rings. The van der Waals surface area contributed by atoms with Crippen molar-refractivity contribution < 1.29 is 13.2 Å². The van der Waals surface area contributed by atoms with Crippen molar-refractivity contribution in [3.63, 3.8) is 0 Å². The van der Waals surface area contributed by atoms with Crippen LogP contribution >= 0.6 is 0 Å². The van der Waals surface area contributed by atoms with Crippen LogP contribution < -0.4 is 10.2 Å². The highest BCUT2D eigenvalue weighted by Gasteiger charge is 2.35. The van der Waals surface area contributed by atoms with Gasteiger partial charge in [-0.05, 0) is 42.8 Å². The molecular weight excluding hydrogens is 367 g/mol. The van der Waals surface area contributed by atoms with Gasteiger partial charge in [0.05, 0.1) is 11.6 Å². The fourth-order valence-electron chi connectivity index (χ4n) is 2.65. The van der Waals surface area contributed by atoms with E-state index in [1.165, 1.54) is 24.3 Å². The molecule has 1 aromatic heterocycles. The first kappa shape index (κ1) is 19.2. The van der Waals surface area contributed by atoms with Crippen molar-refractivity contribution in [3.05, 3.63) is 71.4 Å². The van der Waals surface area contributed by atoms with Gasteiger partial charge in [-0.1, -0.05) is 18.2 Å². The molecular formula is C20H16F3N5. The van der Waals surface area contributed by atoms with Gasteiger partial charge >= 0.3 is 6.18 Å². The van der Waals surface area contributed by atoms with Gasteiger partial charge < -0.3 is 10.2 Å². The van der Waals surface area contributed by atoms with Crippen LogP contribution in [0.25, 0.3) is 0 Å². The number of aryl methyl sites for hydroxylation is 1. The van der Waals surface area contributed by atoms with Gasteiger partial charge in [0.25, 0.3) is 0 Å². The lowest BCUT2D eigenvalue weighted by molar-refractivity contribution is -0.137. The summed E-state index contributed by atoms with van der Waals surface area (Å²) in [6.07, 6.45) is -3.85. The monoisotopic (exact) mass is 383 g/mol. The molecule has 3 rings (SSSR count). The number of para-hydroxylation sites is 1. The summed E-state index contributed by atoms with van der Waals surface area (Å²) in [6, 6.07) is 15.5. The summed E-state index contributed by atoms with van der Waals surface area (Å²) in [6.45, 7) is 1.89. The lowest BCUT2D eigenvalue weighted by atomic mass is 10.2. The van der Waals surface area contributed by atoms with Crippen molar-refractivity contribution >= 4 is 23.1 Å². The third-order valence-electron chi connectivity index (χ3n) is 4.13. The van der Waals surface area contributed by atoms with E-state index in [0.717, 1.165) is 17.4 Å². The van der Waals surface area contributed by atoms with E-state index in [1.807, 2.05) is 37.3 Å². The van der Waals surface area contributed by atoms with Crippen molar-refractivity contribution in [1.82, 2.24) is 9.97 Å². The van der Waals surface area contributed by atoms with E-state index in [2.05, 4.69) is 15.3 Å². The molecule has 0 aliphatic heterocycles. The zero-order valence-corrected chi connectivity index (χ0v) is 15.1. The second kappa shape index (κ2) is 7.56. The highest BCUT2D eigenvalue weighted by Crippen LogP contribution is 2.36. The zero-order chi connectivity index (χ0) is 20.3. The Balaban J connectivity index is 2.02. The Hall–Kier alpha value is -3.60. The number of nitrogens with one attached hydrogen (secondary N) is 1. The number of rotatable bonds is 4. The Morgan fingerprint density at radius 3 is 2.36 bits per heavy atom. The highest BCUT2D eigenvalue weighted by molar-refractivity contribution is 5.65. The summed E-state index contributed by atoms with van der Waals surface area (Å²) >= 11 is 0. The number of nitrogens with zero attached hydrogens (tertiary/aromatic N) is 4. The van der Waals surface area contributed by atoms with E-state index in [9.17, 15) is 13.2 Å². The van der Waals surface area contributed by atoms with Crippen LogP contribution in [0.3, 0.4) is 0 Å². The number of anilines is 4. The predicted molar refractivity (Wildman–Crippen MR) is 101 cm³/mol. The third kappa shape index (κ3) is 4.04.